The predicted molar refractivity (Wildman–Crippen MR) is 64.0 cm³/mol. The van der Waals surface area contributed by atoms with Crippen molar-refractivity contribution in [1.29, 1.82) is 0 Å². The molecule has 0 bridgehead atoms. The monoisotopic (exact) mass is 267 g/mol. The summed E-state index contributed by atoms with van der Waals surface area (Å²) in [5, 5.41) is 28.8. The molecule has 0 unspecified atom stereocenters. The van der Waals surface area contributed by atoms with Gasteiger partial charge in [0.15, 0.2) is 0 Å². The molecule has 0 aliphatic heterocycles. The van der Waals surface area contributed by atoms with E-state index in [0.717, 1.165) is 0 Å². The molecule has 1 rings (SSSR count). The highest BCUT2D eigenvalue weighted by atomic mass is 16.4. The molecule has 0 aliphatic rings. The van der Waals surface area contributed by atoms with Gasteiger partial charge in [0, 0.05) is 5.56 Å². The van der Waals surface area contributed by atoms with Gasteiger partial charge in [0.05, 0.1) is 6.42 Å². The topological polar surface area (TPSA) is 124 Å². The van der Waals surface area contributed by atoms with Gasteiger partial charge in [-0.15, -0.1) is 0 Å². The fourth-order valence-electron chi connectivity index (χ4n) is 1.41. The van der Waals surface area contributed by atoms with Crippen molar-refractivity contribution in [3.8, 4) is 5.75 Å². The van der Waals surface area contributed by atoms with Crippen molar-refractivity contribution in [2.45, 2.75) is 19.4 Å². The van der Waals surface area contributed by atoms with Crippen LogP contribution >= 0.6 is 0 Å². The van der Waals surface area contributed by atoms with Crippen LogP contribution in [0.3, 0.4) is 0 Å². The largest absolute Gasteiger partial charge is 0.508 e. The van der Waals surface area contributed by atoms with Crippen LogP contribution in [0.5, 0.6) is 5.75 Å². The molecule has 0 spiro atoms. The van der Waals surface area contributed by atoms with Gasteiger partial charge in [-0.25, -0.2) is 4.79 Å². The van der Waals surface area contributed by atoms with E-state index in [-0.39, 0.29) is 11.3 Å². The summed E-state index contributed by atoms with van der Waals surface area (Å²) in [4.78, 5) is 33.0. The van der Waals surface area contributed by atoms with Gasteiger partial charge in [0.2, 0.25) is 0 Å². The second kappa shape index (κ2) is 5.85. The van der Waals surface area contributed by atoms with Crippen molar-refractivity contribution < 1.29 is 29.7 Å². The average Bonchev–Trinajstić information content (AvgIpc) is 2.31. The molecular formula is C12H13NO6. The summed E-state index contributed by atoms with van der Waals surface area (Å²) in [5.41, 5.74) is 0.602. The lowest BCUT2D eigenvalue weighted by Crippen LogP contribution is -2.42. The van der Waals surface area contributed by atoms with Crippen molar-refractivity contribution in [1.82, 2.24) is 5.32 Å². The van der Waals surface area contributed by atoms with Gasteiger partial charge >= 0.3 is 11.9 Å². The summed E-state index contributed by atoms with van der Waals surface area (Å²) in [6.45, 7) is 1.58. The number of nitrogens with one attached hydrogen (secondary N) is 1. The molecule has 0 aliphatic carbocycles. The number of phenolic OH excluding ortho intramolecular Hbond substituents is 1. The number of aromatic hydroxyl groups is 1. The molecule has 1 aromatic carbocycles. The van der Waals surface area contributed by atoms with E-state index in [4.69, 9.17) is 10.2 Å². The number of carbonyl (C=O) groups excluding carboxylic acids is 1. The van der Waals surface area contributed by atoms with Crippen LogP contribution in [0.25, 0.3) is 0 Å². The lowest BCUT2D eigenvalue weighted by Gasteiger charge is -2.12. The molecule has 102 valence electrons. The van der Waals surface area contributed by atoms with Crippen LogP contribution < -0.4 is 5.32 Å². The van der Waals surface area contributed by atoms with E-state index in [9.17, 15) is 19.5 Å². The molecular weight excluding hydrogens is 254 g/mol. The number of aryl methyl sites for hydroxylation is 1. The molecule has 0 saturated carbocycles. The van der Waals surface area contributed by atoms with E-state index in [1.807, 2.05) is 0 Å². The van der Waals surface area contributed by atoms with E-state index in [2.05, 4.69) is 5.32 Å². The van der Waals surface area contributed by atoms with Crippen LogP contribution in [0.4, 0.5) is 0 Å². The molecule has 0 radical (unpaired) electrons. The molecule has 1 aromatic rings. The van der Waals surface area contributed by atoms with E-state index >= 15 is 0 Å². The third-order valence-corrected chi connectivity index (χ3v) is 2.44. The normalized spacial score (nSPS) is 11.6. The highest BCUT2D eigenvalue weighted by Crippen LogP contribution is 2.16. The van der Waals surface area contributed by atoms with Crippen molar-refractivity contribution >= 4 is 17.8 Å². The summed E-state index contributed by atoms with van der Waals surface area (Å²) in [5.74, 6) is -3.45. The Morgan fingerprint density at radius 1 is 1.26 bits per heavy atom. The molecule has 1 amide bonds. The van der Waals surface area contributed by atoms with Crippen molar-refractivity contribution in [2.24, 2.45) is 0 Å². The van der Waals surface area contributed by atoms with Crippen molar-refractivity contribution in [3.05, 3.63) is 29.3 Å². The second-order valence-electron chi connectivity index (χ2n) is 3.96. The molecule has 1 atom stereocenters. The molecule has 4 N–H and O–H groups in total. The van der Waals surface area contributed by atoms with Gasteiger partial charge < -0.3 is 20.6 Å². The molecule has 7 nitrogen and oxygen atoms in total. The third kappa shape index (κ3) is 3.98. The quantitative estimate of drug-likeness (QED) is 0.610. The smallest absolute Gasteiger partial charge is 0.326 e. The maximum atomic E-state index is 11.8. The number of aliphatic carboxylic acids is 2. The Morgan fingerprint density at radius 3 is 2.37 bits per heavy atom. The summed E-state index contributed by atoms with van der Waals surface area (Å²) in [6.07, 6.45) is -0.710. The van der Waals surface area contributed by atoms with E-state index in [1.54, 1.807) is 6.92 Å². The first-order chi connectivity index (χ1) is 8.81. The van der Waals surface area contributed by atoms with Crippen LogP contribution in [0.2, 0.25) is 0 Å². The number of hydrogen-bond acceptors (Lipinski definition) is 4. The van der Waals surface area contributed by atoms with Gasteiger partial charge in [-0.2, -0.15) is 0 Å². The molecule has 7 heteroatoms. The number of carboxylic acids is 2. The van der Waals surface area contributed by atoms with Crippen LogP contribution in [0.1, 0.15) is 22.3 Å². The maximum Gasteiger partial charge on any atom is 0.326 e. The Bertz CT molecular complexity index is 525. The Labute approximate surface area is 108 Å². The second-order valence-corrected chi connectivity index (χ2v) is 3.96. The maximum absolute atomic E-state index is 11.8. The molecule has 0 fully saturated rings. The van der Waals surface area contributed by atoms with Gasteiger partial charge in [-0.05, 0) is 30.7 Å². The third-order valence-electron chi connectivity index (χ3n) is 2.44. The zero-order chi connectivity index (χ0) is 14.6. The fourth-order valence-corrected chi connectivity index (χ4v) is 1.41. The van der Waals surface area contributed by atoms with Crippen LogP contribution in [-0.2, 0) is 9.59 Å². The van der Waals surface area contributed by atoms with Crippen molar-refractivity contribution in [2.75, 3.05) is 0 Å². The summed E-state index contributed by atoms with van der Waals surface area (Å²) < 4.78 is 0. The lowest BCUT2D eigenvalue weighted by molar-refractivity contribution is -0.145. The van der Waals surface area contributed by atoms with Crippen LogP contribution in [0.15, 0.2) is 18.2 Å². The summed E-state index contributed by atoms with van der Waals surface area (Å²) in [7, 11) is 0. The number of amides is 1. The number of benzene rings is 1. The van der Waals surface area contributed by atoms with Gasteiger partial charge in [0.1, 0.15) is 11.8 Å². The molecule has 19 heavy (non-hydrogen) atoms. The van der Waals surface area contributed by atoms with Crippen LogP contribution in [-0.4, -0.2) is 39.2 Å². The number of phenols is 1. The van der Waals surface area contributed by atoms with Crippen molar-refractivity contribution in [3.63, 3.8) is 0 Å². The molecule has 0 heterocycles. The van der Waals surface area contributed by atoms with E-state index < -0.39 is 30.3 Å². The van der Waals surface area contributed by atoms with Gasteiger partial charge in [-0.1, -0.05) is 0 Å². The molecule has 0 aromatic heterocycles. The standard InChI is InChI=1S/C12H13NO6/c1-6-4-7(2-3-9(6)14)11(17)13-8(12(18)19)5-10(15)16/h2-4,8,14H,5H2,1H3,(H,13,17)(H,15,16)(H,18,19)/t8-/m0/s1. The number of rotatable bonds is 5. The summed E-state index contributed by atoms with van der Waals surface area (Å²) >= 11 is 0. The first kappa shape index (κ1) is 14.5. The van der Waals surface area contributed by atoms with E-state index in [0.29, 0.717) is 5.56 Å². The Morgan fingerprint density at radius 2 is 1.89 bits per heavy atom. The Balaban J connectivity index is 2.84. The molecule has 0 saturated heterocycles. The van der Waals surface area contributed by atoms with E-state index in [1.165, 1.54) is 18.2 Å². The minimum absolute atomic E-state index is 0.0110. The average molecular weight is 267 g/mol. The van der Waals surface area contributed by atoms with Crippen LogP contribution in [0, 0.1) is 6.92 Å². The highest BCUT2D eigenvalue weighted by Gasteiger charge is 2.23. The zero-order valence-corrected chi connectivity index (χ0v) is 10.1. The number of carboxylic acid groups (broad SMARTS) is 2. The Hall–Kier alpha value is -2.57. The SMILES string of the molecule is Cc1cc(C(=O)N[C@@H](CC(=O)O)C(=O)O)ccc1O. The minimum atomic E-state index is -1.50. The first-order valence-corrected chi connectivity index (χ1v) is 5.36. The van der Waals surface area contributed by atoms with Gasteiger partial charge in [0.25, 0.3) is 5.91 Å². The highest BCUT2D eigenvalue weighted by molar-refractivity contribution is 5.97. The number of carbonyl (C=O) groups is 3. The minimum Gasteiger partial charge on any atom is -0.508 e. The van der Waals surface area contributed by atoms with Gasteiger partial charge in [-0.3, -0.25) is 9.59 Å². The fraction of sp³-hybridized carbons (Fsp3) is 0.250. The zero-order valence-electron chi connectivity index (χ0n) is 10.1. The number of hydrogen-bond donors (Lipinski definition) is 4. The summed E-state index contributed by atoms with van der Waals surface area (Å²) in [6, 6.07) is 2.50. The first-order valence-electron chi connectivity index (χ1n) is 5.36. The lowest BCUT2D eigenvalue weighted by atomic mass is 10.1. The Kier molecular flexibility index (Phi) is 4.46. The predicted octanol–water partition coefficient (Wildman–Crippen LogP) is 0.358.